The zero-order valence-corrected chi connectivity index (χ0v) is 17.5. The van der Waals surface area contributed by atoms with Crippen molar-refractivity contribution in [3.8, 4) is 0 Å². The fourth-order valence-electron chi connectivity index (χ4n) is 1.11. The van der Waals surface area contributed by atoms with Crippen molar-refractivity contribution >= 4 is 78.2 Å². The van der Waals surface area contributed by atoms with Crippen LogP contribution in [-0.4, -0.2) is 53.6 Å². The molecule has 3 atom stereocenters. The molecule has 0 aliphatic rings. The number of hydrogen-bond acceptors (Lipinski definition) is 3. The van der Waals surface area contributed by atoms with Gasteiger partial charge in [-0.3, -0.25) is 0 Å². The van der Waals surface area contributed by atoms with Gasteiger partial charge in [-0.05, 0) is 19.3 Å². The molecule has 0 radical (unpaired) electrons. The zero-order chi connectivity index (χ0) is 16.8. The predicted octanol–water partition coefficient (Wildman–Crippen LogP) is 5.97. The zero-order valence-electron chi connectivity index (χ0n) is 12.0. The Bertz CT molecular complexity index is 217. The first-order valence-electron chi connectivity index (χ1n) is 6.82. The summed E-state index contributed by atoms with van der Waals surface area (Å²) in [6.45, 7) is 1.23. The van der Waals surface area contributed by atoms with Gasteiger partial charge >= 0.3 is 8.60 Å². The van der Waals surface area contributed by atoms with E-state index in [4.69, 9.17) is 83.2 Å². The number of rotatable bonds is 15. The van der Waals surface area contributed by atoms with Gasteiger partial charge < -0.3 is 13.6 Å². The van der Waals surface area contributed by atoms with Gasteiger partial charge in [0.15, 0.2) is 0 Å². The summed E-state index contributed by atoms with van der Waals surface area (Å²) in [6.07, 6.45) is 1.86. The van der Waals surface area contributed by atoms with Gasteiger partial charge in [0.2, 0.25) is 0 Å². The second-order valence-electron chi connectivity index (χ2n) is 4.34. The molecule has 0 aromatic carbocycles. The summed E-state index contributed by atoms with van der Waals surface area (Å²) in [5.74, 6) is 1.12. The van der Waals surface area contributed by atoms with Crippen LogP contribution in [0.5, 0.6) is 0 Å². The molecular formula is C12H21Cl6O3P. The van der Waals surface area contributed by atoms with Gasteiger partial charge in [0, 0.05) is 33.8 Å². The van der Waals surface area contributed by atoms with E-state index in [1.165, 1.54) is 0 Å². The van der Waals surface area contributed by atoms with Gasteiger partial charge in [-0.25, -0.2) is 0 Å². The van der Waals surface area contributed by atoms with Crippen LogP contribution in [0.4, 0.5) is 0 Å². The van der Waals surface area contributed by atoms with Crippen LogP contribution in [0.25, 0.3) is 0 Å². The molecule has 0 fully saturated rings. The molecule has 10 heteroatoms. The lowest BCUT2D eigenvalue weighted by molar-refractivity contribution is 0.156. The van der Waals surface area contributed by atoms with Crippen LogP contribution in [0.3, 0.4) is 0 Å². The minimum Gasteiger partial charge on any atom is -0.312 e. The van der Waals surface area contributed by atoms with Crippen molar-refractivity contribution in [3.63, 3.8) is 0 Å². The summed E-state index contributed by atoms with van der Waals surface area (Å²) in [4.78, 5) is 0. The minimum absolute atomic E-state index is 0.134. The molecule has 3 unspecified atom stereocenters. The summed E-state index contributed by atoms with van der Waals surface area (Å²) < 4.78 is 16.7. The van der Waals surface area contributed by atoms with Crippen LogP contribution in [0.2, 0.25) is 0 Å². The molecule has 0 N–H and O–H groups in total. The van der Waals surface area contributed by atoms with Crippen LogP contribution in [0.15, 0.2) is 0 Å². The molecule has 0 aromatic heterocycles. The number of hydrogen-bond donors (Lipinski definition) is 0. The van der Waals surface area contributed by atoms with E-state index in [0.29, 0.717) is 56.7 Å². The Labute approximate surface area is 164 Å². The summed E-state index contributed by atoms with van der Waals surface area (Å²) in [5.41, 5.74) is 0. The SMILES string of the molecule is ClCC(Cl)CCOP(OCCC(Cl)CCl)OCCC(Cl)CCl. The number of alkyl halides is 6. The van der Waals surface area contributed by atoms with Crippen molar-refractivity contribution < 1.29 is 13.6 Å². The highest BCUT2D eigenvalue weighted by Crippen LogP contribution is 2.40. The third kappa shape index (κ3) is 14.4. The van der Waals surface area contributed by atoms with E-state index < -0.39 is 8.60 Å². The standard InChI is InChI=1S/C12H21Cl6O3P/c13-7-10(16)1-4-19-22(20-5-2-11(17)8-14)21-6-3-12(18)9-15/h10-12H,1-9H2. The molecule has 0 aliphatic heterocycles. The molecular weight excluding hydrogens is 436 g/mol. The quantitative estimate of drug-likeness (QED) is 0.224. The molecule has 0 saturated carbocycles. The molecule has 0 rings (SSSR count). The van der Waals surface area contributed by atoms with Crippen LogP contribution in [0, 0.1) is 0 Å². The Balaban J connectivity index is 4.01. The van der Waals surface area contributed by atoms with E-state index in [1.54, 1.807) is 0 Å². The Kier molecular flexibility index (Phi) is 18.1. The Morgan fingerprint density at radius 3 is 1.09 bits per heavy atom. The van der Waals surface area contributed by atoms with E-state index in [9.17, 15) is 0 Å². The minimum atomic E-state index is -1.47. The van der Waals surface area contributed by atoms with Crippen LogP contribution in [-0.2, 0) is 13.6 Å². The molecule has 134 valence electrons. The van der Waals surface area contributed by atoms with Crippen molar-refractivity contribution in [3.05, 3.63) is 0 Å². The molecule has 22 heavy (non-hydrogen) atoms. The van der Waals surface area contributed by atoms with Gasteiger partial charge in [0.25, 0.3) is 0 Å². The van der Waals surface area contributed by atoms with Gasteiger partial charge in [-0.1, -0.05) is 0 Å². The summed E-state index contributed by atoms with van der Waals surface area (Å²) in [5, 5.41) is -0.402. The average molecular weight is 457 g/mol. The summed E-state index contributed by atoms with van der Waals surface area (Å²) in [7, 11) is -1.47. The maximum Gasteiger partial charge on any atom is 0.332 e. The summed E-state index contributed by atoms with van der Waals surface area (Å²) in [6, 6.07) is 0. The molecule has 0 heterocycles. The van der Waals surface area contributed by atoms with Crippen molar-refractivity contribution in [2.24, 2.45) is 0 Å². The molecule has 0 bridgehead atoms. The second-order valence-corrected chi connectivity index (χ2v) is 8.34. The number of halogens is 6. The molecule has 0 amide bonds. The highest BCUT2D eigenvalue weighted by molar-refractivity contribution is 7.41. The first-order chi connectivity index (χ1) is 10.5. The van der Waals surface area contributed by atoms with Crippen LogP contribution >= 0.6 is 78.2 Å². The van der Waals surface area contributed by atoms with Gasteiger partial charge in [-0.2, -0.15) is 0 Å². The van der Waals surface area contributed by atoms with Crippen molar-refractivity contribution in [1.82, 2.24) is 0 Å². The summed E-state index contributed by atoms with van der Waals surface area (Å²) >= 11 is 34.7. The first-order valence-corrected chi connectivity index (χ1v) is 10.8. The van der Waals surface area contributed by atoms with E-state index in [0.717, 1.165) is 0 Å². The fraction of sp³-hybridized carbons (Fsp3) is 1.00. The largest absolute Gasteiger partial charge is 0.332 e. The molecule has 0 aromatic rings. The topological polar surface area (TPSA) is 27.7 Å². The maximum atomic E-state index is 5.93. The Hall–Kier alpha value is 2.05. The molecule has 0 spiro atoms. The highest BCUT2D eigenvalue weighted by atomic mass is 35.5. The third-order valence-electron chi connectivity index (χ3n) is 2.39. The van der Waals surface area contributed by atoms with E-state index >= 15 is 0 Å². The molecule has 0 aliphatic carbocycles. The lowest BCUT2D eigenvalue weighted by Crippen LogP contribution is -2.10. The van der Waals surface area contributed by atoms with E-state index in [2.05, 4.69) is 0 Å². The average Bonchev–Trinajstić information content (AvgIpc) is 2.53. The van der Waals surface area contributed by atoms with Gasteiger partial charge in [0.1, 0.15) is 0 Å². The normalized spacial score (nSPS) is 17.2. The maximum absolute atomic E-state index is 5.93. The van der Waals surface area contributed by atoms with Crippen molar-refractivity contribution in [1.29, 1.82) is 0 Å². The fourth-order valence-corrected chi connectivity index (χ4v) is 2.83. The van der Waals surface area contributed by atoms with E-state index in [1.807, 2.05) is 0 Å². The first kappa shape index (κ1) is 24.1. The second kappa shape index (κ2) is 16.5. The van der Waals surface area contributed by atoms with Crippen LogP contribution in [0.1, 0.15) is 19.3 Å². The smallest absolute Gasteiger partial charge is 0.312 e. The predicted molar refractivity (Wildman–Crippen MR) is 99.7 cm³/mol. The lowest BCUT2D eigenvalue weighted by Gasteiger charge is -2.18. The third-order valence-corrected chi connectivity index (χ3v) is 6.27. The van der Waals surface area contributed by atoms with Gasteiger partial charge in [0.05, 0.1) is 19.8 Å². The Morgan fingerprint density at radius 2 is 0.864 bits per heavy atom. The highest BCUT2D eigenvalue weighted by Gasteiger charge is 2.16. The van der Waals surface area contributed by atoms with E-state index in [-0.39, 0.29) is 16.1 Å². The van der Waals surface area contributed by atoms with Crippen molar-refractivity contribution in [2.75, 3.05) is 37.5 Å². The Morgan fingerprint density at radius 1 is 0.591 bits per heavy atom. The van der Waals surface area contributed by atoms with Gasteiger partial charge in [-0.15, -0.1) is 69.6 Å². The van der Waals surface area contributed by atoms with Crippen molar-refractivity contribution in [2.45, 2.75) is 35.4 Å². The molecule has 0 saturated heterocycles. The van der Waals surface area contributed by atoms with Crippen LogP contribution < -0.4 is 0 Å². The monoisotopic (exact) mass is 454 g/mol. The molecule has 3 nitrogen and oxygen atoms in total. The lowest BCUT2D eigenvalue weighted by atomic mass is 10.3.